The molecule has 5 heteroatoms. The van der Waals surface area contributed by atoms with E-state index in [4.69, 9.17) is 4.99 Å². The Balaban J connectivity index is 1.84. The summed E-state index contributed by atoms with van der Waals surface area (Å²) in [7, 11) is 0. The number of nitrogens with one attached hydrogen (secondary N) is 2. The maximum atomic E-state index is 9.48. The molecule has 1 saturated heterocycles. The fraction of sp³-hybridized carbons (Fsp3) is 0.950. The molecule has 1 unspecified atom stereocenters. The van der Waals surface area contributed by atoms with E-state index in [-0.39, 0.29) is 12.0 Å². The van der Waals surface area contributed by atoms with Crippen LogP contribution in [0.5, 0.6) is 0 Å². The minimum Gasteiger partial charge on any atom is -0.396 e. The van der Waals surface area contributed by atoms with Gasteiger partial charge in [-0.15, -0.1) is 0 Å². The molecule has 2 aliphatic rings. The van der Waals surface area contributed by atoms with Crippen LogP contribution in [0.2, 0.25) is 0 Å². The summed E-state index contributed by atoms with van der Waals surface area (Å²) in [6, 6.07) is 0. The van der Waals surface area contributed by atoms with Crippen LogP contribution in [-0.4, -0.2) is 61.8 Å². The highest BCUT2D eigenvalue weighted by Gasteiger charge is 2.31. The van der Waals surface area contributed by atoms with E-state index in [0.29, 0.717) is 0 Å². The zero-order valence-electron chi connectivity index (χ0n) is 16.5. The molecule has 0 aromatic rings. The first-order valence-corrected chi connectivity index (χ1v) is 10.6. The summed E-state index contributed by atoms with van der Waals surface area (Å²) in [5.74, 6) is 1.69. The number of nitrogens with zero attached hydrogens (tertiary/aromatic N) is 2. The van der Waals surface area contributed by atoms with Crippen molar-refractivity contribution in [2.24, 2.45) is 16.3 Å². The van der Waals surface area contributed by atoms with E-state index in [2.05, 4.69) is 29.4 Å². The molecule has 2 rings (SSSR count). The van der Waals surface area contributed by atoms with Gasteiger partial charge in [0.05, 0.1) is 0 Å². The zero-order valence-corrected chi connectivity index (χ0v) is 16.5. The Hall–Kier alpha value is -0.810. The Labute approximate surface area is 154 Å². The van der Waals surface area contributed by atoms with Crippen molar-refractivity contribution in [3.8, 4) is 0 Å². The van der Waals surface area contributed by atoms with Gasteiger partial charge in [-0.25, -0.2) is 0 Å². The lowest BCUT2D eigenvalue weighted by Gasteiger charge is -2.35. The summed E-state index contributed by atoms with van der Waals surface area (Å²) in [4.78, 5) is 7.49. The smallest absolute Gasteiger partial charge is 0.191 e. The normalized spacial score (nSPS) is 24.4. The van der Waals surface area contributed by atoms with Crippen molar-refractivity contribution in [1.82, 2.24) is 15.5 Å². The molecule has 25 heavy (non-hydrogen) atoms. The van der Waals surface area contributed by atoms with Crippen LogP contribution < -0.4 is 10.6 Å². The standard InChI is InChI=1S/C20H40N4O/c1-3-12-24-13-8-18(16-24)15-22-19(21-4-2)23-17-20(11-14-25)9-6-5-7-10-20/h18,25H,3-17H2,1-2H3,(H2,21,22,23). The number of likely N-dealkylation sites (tertiary alicyclic amines) is 1. The average molecular weight is 353 g/mol. The largest absolute Gasteiger partial charge is 0.396 e. The number of aliphatic imine (C=N–C) groups is 1. The third-order valence-corrected chi connectivity index (χ3v) is 5.94. The highest BCUT2D eigenvalue weighted by atomic mass is 16.3. The molecule has 1 heterocycles. The van der Waals surface area contributed by atoms with Gasteiger partial charge in [-0.2, -0.15) is 0 Å². The average Bonchev–Trinajstić information content (AvgIpc) is 3.06. The molecule has 1 saturated carbocycles. The minimum atomic E-state index is 0.223. The van der Waals surface area contributed by atoms with Gasteiger partial charge < -0.3 is 20.6 Å². The third-order valence-electron chi connectivity index (χ3n) is 5.94. The fourth-order valence-corrected chi connectivity index (χ4v) is 4.45. The number of hydrogen-bond acceptors (Lipinski definition) is 3. The quantitative estimate of drug-likeness (QED) is 0.441. The number of hydrogen-bond donors (Lipinski definition) is 3. The first kappa shape index (κ1) is 20.5. The van der Waals surface area contributed by atoms with Gasteiger partial charge in [0.2, 0.25) is 0 Å². The monoisotopic (exact) mass is 352 g/mol. The van der Waals surface area contributed by atoms with Crippen molar-refractivity contribution in [2.75, 3.05) is 45.9 Å². The zero-order chi connectivity index (χ0) is 18.0. The Morgan fingerprint density at radius 2 is 2.00 bits per heavy atom. The molecule has 0 bridgehead atoms. The number of aliphatic hydroxyl groups excluding tert-OH is 1. The molecule has 5 nitrogen and oxygen atoms in total. The van der Waals surface area contributed by atoms with Gasteiger partial charge in [-0.3, -0.25) is 4.99 Å². The summed E-state index contributed by atoms with van der Waals surface area (Å²) >= 11 is 0. The minimum absolute atomic E-state index is 0.223. The first-order chi connectivity index (χ1) is 12.2. The van der Waals surface area contributed by atoms with Gasteiger partial charge in [0.15, 0.2) is 5.96 Å². The second-order valence-electron chi connectivity index (χ2n) is 8.07. The molecule has 0 amide bonds. The van der Waals surface area contributed by atoms with Crippen molar-refractivity contribution in [3.63, 3.8) is 0 Å². The molecule has 2 fully saturated rings. The van der Waals surface area contributed by atoms with Crippen LogP contribution in [0.4, 0.5) is 0 Å². The van der Waals surface area contributed by atoms with E-state index in [1.165, 1.54) is 64.6 Å². The van der Waals surface area contributed by atoms with Crippen LogP contribution in [0.1, 0.15) is 65.2 Å². The molecule has 3 N–H and O–H groups in total. The molecule has 1 atom stereocenters. The van der Waals surface area contributed by atoms with Gasteiger partial charge in [0, 0.05) is 32.8 Å². The van der Waals surface area contributed by atoms with Crippen LogP contribution in [-0.2, 0) is 0 Å². The van der Waals surface area contributed by atoms with E-state index < -0.39 is 0 Å². The van der Waals surface area contributed by atoms with Crippen molar-refractivity contribution in [1.29, 1.82) is 0 Å². The van der Waals surface area contributed by atoms with Crippen molar-refractivity contribution in [3.05, 3.63) is 0 Å². The van der Waals surface area contributed by atoms with Gasteiger partial charge in [-0.1, -0.05) is 26.2 Å². The Morgan fingerprint density at radius 1 is 1.20 bits per heavy atom. The lowest BCUT2D eigenvalue weighted by atomic mass is 9.72. The van der Waals surface area contributed by atoms with E-state index in [1.807, 2.05) is 0 Å². The SMILES string of the molecule is CCCN1CCC(CNC(=NCC2(CCO)CCCCC2)NCC)C1. The summed E-state index contributed by atoms with van der Waals surface area (Å²) in [5, 5.41) is 16.5. The van der Waals surface area contributed by atoms with Crippen molar-refractivity contribution in [2.45, 2.75) is 65.2 Å². The second-order valence-corrected chi connectivity index (χ2v) is 8.07. The molecule has 146 valence electrons. The lowest BCUT2D eigenvalue weighted by Crippen LogP contribution is -2.41. The summed E-state index contributed by atoms with van der Waals surface area (Å²) in [5.41, 5.74) is 0.223. The molecule has 0 aromatic carbocycles. The van der Waals surface area contributed by atoms with Gasteiger partial charge in [-0.05, 0) is 63.5 Å². The predicted molar refractivity (Wildman–Crippen MR) is 106 cm³/mol. The molecule has 0 spiro atoms. The van der Waals surface area contributed by atoms with E-state index in [9.17, 15) is 5.11 Å². The molecular formula is C20H40N4O. The third kappa shape index (κ3) is 6.78. The second kappa shape index (κ2) is 11.0. The van der Waals surface area contributed by atoms with Crippen LogP contribution in [0.25, 0.3) is 0 Å². The van der Waals surface area contributed by atoms with E-state index >= 15 is 0 Å². The number of aliphatic hydroxyl groups is 1. The summed E-state index contributed by atoms with van der Waals surface area (Å²) in [6.07, 6.45) is 9.77. The maximum Gasteiger partial charge on any atom is 0.191 e. The topological polar surface area (TPSA) is 59.9 Å². The molecule has 0 aromatic heterocycles. The Kier molecular flexibility index (Phi) is 9.04. The van der Waals surface area contributed by atoms with Gasteiger partial charge in [0.1, 0.15) is 0 Å². The maximum absolute atomic E-state index is 9.48. The Bertz CT molecular complexity index is 388. The number of rotatable bonds is 9. The summed E-state index contributed by atoms with van der Waals surface area (Å²) < 4.78 is 0. The van der Waals surface area contributed by atoms with Crippen LogP contribution >= 0.6 is 0 Å². The first-order valence-electron chi connectivity index (χ1n) is 10.6. The predicted octanol–water partition coefficient (Wildman–Crippen LogP) is 2.61. The summed E-state index contributed by atoms with van der Waals surface area (Å²) in [6.45, 7) is 11.1. The van der Waals surface area contributed by atoms with Crippen molar-refractivity contribution >= 4 is 5.96 Å². The van der Waals surface area contributed by atoms with Crippen LogP contribution in [0.3, 0.4) is 0 Å². The number of guanidine groups is 1. The molecular weight excluding hydrogens is 312 g/mol. The highest BCUT2D eigenvalue weighted by Crippen LogP contribution is 2.39. The molecule has 0 radical (unpaired) electrons. The van der Waals surface area contributed by atoms with E-state index in [1.54, 1.807) is 0 Å². The lowest BCUT2D eigenvalue weighted by molar-refractivity contribution is 0.137. The fourth-order valence-electron chi connectivity index (χ4n) is 4.45. The highest BCUT2D eigenvalue weighted by molar-refractivity contribution is 5.79. The van der Waals surface area contributed by atoms with Gasteiger partial charge >= 0.3 is 0 Å². The molecule has 1 aliphatic carbocycles. The Morgan fingerprint density at radius 3 is 2.68 bits per heavy atom. The van der Waals surface area contributed by atoms with Crippen molar-refractivity contribution < 1.29 is 5.11 Å². The van der Waals surface area contributed by atoms with Crippen LogP contribution in [0, 0.1) is 11.3 Å². The van der Waals surface area contributed by atoms with Crippen LogP contribution in [0.15, 0.2) is 4.99 Å². The van der Waals surface area contributed by atoms with Gasteiger partial charge in [0.25, 0.3) is 0 Å². The molecule has 1 aliphatic heterocycles. The van der Waals surface area contributed by atoms with E-state index in [0.717, 1.165) is 37.9 Å².